The number of fused-ring (bicyclic) bond motifs is 5. The van der Waals surface area contributed by atoms with Crippen molar-refractivity contribution in [2.45, 2.75) is 76.5 Å². The molecule has 0 radical (unpaired) electrons. The lowest BCUT2D eigenvalue weighted by Gasteiger charge is -2.52. The van der Waals surface area contributed by atoms with Crippen LogP contribution in [0.2, 0.25) is 0 Å². The summed E-state index contributed by atoms with van der Waals surface area (Å²) in [6, 6.07) is 12.4. The van der Waals surface area contributed by atoms with Gasteiger partial charge in [0.2, 0.25) is 0 Å². The molecule has 0 spiro atoms. The second kappa shape index (κ2) is 9.80. The molecule has 3 aliphatic carbocycles. The number of pyridine rings is 1. The van der Waals surface area contributed by atoms with Gasteiger partial charge in [0.25, 0.3) is 0 Å². The number of aliphatic hydroxyl groups is 1. The number of benzene rings is 1. The third kappa shape index (κ3) is 4.05. The molecule has 9 heteroatoms. The fraction of sp³-hybridized carbons (Fsp3) is 0.516. The Morgan fingerprint density at radius 3 is 2.65 bits per heavy atom. The minimum Gasteiger partial charge on any atom is -0.497 e. The van der Waals surface area contributed by atoms with E-state index in [1.165, 1.54) is 17.5 Å². The maximum atomic E-state index is 12.2. The zero-order chi connectivity index (χ0) is 27.3. The van der Waals surface area contributed by atoms with Crippen LogP contribution in [0.5, 0.6) is 5.75 Å². The standard InChI is InChI=1S/C31H37N7O2/c1-30-13-11-24-23-10-8-22(40-2)18-21(23)7-9-25(24)26(30)12-14-31(30,39)29-20-38(36-34-29)17-5-16-37-19-28(33-35-37)27-6-3-4-15-32-27/h3-4,6,8,10,15,18-20,24-26,39H,5,7,9,11-14,16-17H2,1-2H3/t24?,25?,26?,30-,31+/m0/s1. The first-order chi connectivity index (χ1) is 19.5. The zero-order valence-electron chi connectivity index (χ0n) is 23.3. The molecule has 40 heavy (non-hydrogen) atoms. The highest BCUT2D eigenvalue weighted by Crippen LogP contribution is 2.66. The van der Waals surface area contributed by atoms with E-state index in [9.17, 15) is 5.11 Å². The van der Waals surface area contributed by atoms with Gasteiger partial charge in [0.15, 0.2) is 0 Å². The summed E-state index contributed by atoms with van der Waals surface area (Å²) in [6.07, 6.45) is 12.6. The minimum atomic E-state index is -0.940. The topological polar surface area (TPSA) is 104 Å². The third-order valence-electron chi connectivity index (χ3n) is 10.3. The zero-order valence-corrected chi connectivity index (χ0v) is 23.3. The highest BCUT2D eigenvalue weighted by atomic mass is 16.5. The Labute approximate surface area is 234 Å². The second-order valence-electron chi connectivity index (χ2n) is 12.1. The summed E-state index contributed by atoms with van der Waals surface area (Å²) in [6.45, 7) is 3.73. The minimum absolute atomic E-state index is 0.193. The first kappa shape index (κ1) is 25.4. The first-order valence-electron chi connectivity index (χ1n) is 14.6. The summed E-state index contributed by atoms with van der Waals surface area (Å²) in [5.41, 5.74) is 4.13. The van der Waals surface area contributed by atoms with Crippen LogP contribution in [-0.2, 0) is 25.1 Å². The van der Waals surface area contributed by atoms with Crippen molar-refractivity contribution in [1.29, 1.82) is 0 Å². The summed E-state index contributed by atoms with van der Waals surface area (Å²) in [7, 11) is 1.74. The predicted octanol–water partition coefficient (Wildman–Crippen LogP) is 4.77. The van der Waals surface area contributed by atoms with Crippen LogP contribution >= 0.6 is 0 Å². The number of rotatable bonds is 7. The summed E-state index contributed by atoms with van der Waals surface area (Å²) >= 11 is 0. The van der Waals surface area contributed by atoms with Gasteiger partial charge in [-0.1, -0.05) is 29.5 Å². The number of methoxy groups -OCH3 is 1. The van der Waals surface area contributed by atoms with E-state index in [2.05, 4.69) is 50.7 Å². The quantitative estimate of drug-likeness (QED) is 0.361. The van der Waals surface area contributed by atoms with Gasteiger partial charge in [0, 0.05) is 24.7 Å². The molecule has 1 aromatic carbocycles. The molecule has 5 atom stereocenters. The maximum absolute atomic E-state index is 12.2. The highest BCUT2D eigenvalue weighted by molar-refractivity contribution is 5.51. The summed E-state index contributed by atoms with van der Waals surface area (Å²) < 4.78 is 9.20. The smallest absolute Gasteiger partial charge is 0.131 e. The maximum Gasteiger partial charge on any atom is 0.131 e. The molecule has 0 amide bonds. The van der Waals surface area contributed by atoms with Crippen molar-refractivity contribution in [3.05, 3.63) is 71.8 Å². The Morgan fingerprint density at radius 1 is 0.975 bits per heavy atom. The van der Waals surface area contributed by atoms with Crippen LogP contribution in [0.4, 0.5) is 0 Å². The van der Waals surface area contributed by atoms with E-state index in [-0.39, 0.29) is 5.41 Å². The van der Waals surface area contributed by atoms with Crippen molar-refractivity contribution in [3.63, 3.8) is 0 Å². The fourth-order valence-electron chi connectivity index (χ4n) is 8.15. The molecule has 0 aliphatic heterocycles. The number of nitrogens with zero attached hydrogens (tertiary/aromatic N) is 7. The SMILES string of the molecule is COc1ccc2c(c1)CCC1C2CC[C@@]2(C)C1CC[C@@]2(O)c1cn(CCCn2cc(-c3ccccn3)nn2)nn1. The molecule has 9 nitrogen and oxygen atoms in total. The van der Waals surface area contributed by atoms with Crippen LogP contribution in [-0.4, -0.2) is 47.2 Å². The van der Waals surface area contributed by atoms with E-state index in [0.717, 1.165) is 67.9 Å². The van der Waals surface area contributed by atoms with Crippen LogP contribution in [0.25, 0.3) is 11.4 Å². The van der Waals surface area contributed by atoms with Crippen molar-refractivity contribution >= 4 is 0 Å². The largest absolute Gasteiger partial charge is 0.497 e. The highest BCUT2D eigenvalue weighted by Gasteiger charge is 2.63. The summed E-state index contributed by atoms with van der Waals surface area (Å²) in [4.78, 5) is 4.34. The molecular weight excluding hydrogens is 502 g/mol. The Balaban J connectivity index is 1.03. The number of hydrogen-bond acceptors (Lipinski definition) is 7. The van der Waals surface area contributed by atoms with E-state index in [0.29, 0.717) is 24.3 Å². The Morgan fingerprint density at radius 2 is 1.82 bits per heavy atom. The lowest BCUT2D eigenvalue weighted by atomic mass is 9.53. The summed E-state index contributed by atoms with van der Waals surface area (Å²) in [5.74, 6) is 2.60. The summed E-state index contributed by atoms with van der Waals surface area (Å²) in [5, 5.41) is 29.7. The number of hydrogen-bond donors (Lipinski definition) is 1. The number of ether oxygens (including phenoxy) is 1. The molecule has 208 valence electrons. The Hall–Kier alpha value is -3.59. The lowest BCUT2D eigenvalue weighted by molar-refractivity contribution is -0.111. The molecule has 2 saturated carbocycles. The van der Waals surface area contributed by atoms with Gasteiger partial charge < -0.3 is 9.84 Å². The molecule has 2 fully saturated rings. The molecule has 3 unspecified atom stereocenters. The molecular formula is C31H37N7O2. The molecule has 7 rings (SSSR count). The van der Waals surface area contributed by atoms with Gasteiger partial charge in [0.05, 0.1) is 25.2 Å². The average Bonchev–Trinajstić information content (AvgIpc) is 3.72. The molecule has 3 aromatic heterocycles. The van der Waals surface area contributed by atoms with Crippen molar-refractivity contribution in [2.24, 2.45) is 17.3 Å². The number of aryl methyl sites for hydroxylation is 3. The van der Waals surface area contributed by atoms with Crippen molar-refractivity contribution in [3.8, 4) is 17.1 Å². The van der Waals surface area contributed by atoms with Gasteiger partial charge in [-0.2, -0.15) is 0 Å². The van der Waals surface area contributed by atoms with Crippen LogP contribution in [0, 0.1) is 17.3 Å². The first-order valence-corrected chi connectivity index (χ1v) is 14.6. The molecule has 4 aromatic rings. The molecule has 3 aliphatic rings. The van der Waals surface area contributed by atoms with Crippen molar-refractivity contribution in [1.82, 2.24) is 35.0 Å². The van der Waals surface area contributed by atoms with Crippen LogP contribution in [0.15, 0.2) is 55.0 Å². The lowest BCUT2D eigenvalue weighted by Crippen LogP contribution is -2.49. The van der Waals surface area contributed by atoms with E-state index in [4.69, 9.17) is 4.74 Å². The van der Waals surface area contributed by atoms with Gasteiger partial charge in [-0.3, -0.25) is 14.3 Å². The monoisotopic (exact) mass is 539 g/mol. The van der Waals surface area contributed by atoms with E-state index in [1.807, 2.05) is 40.0 Å². The Kier molecular flexibility index (Phi) is 6.22. The van der Waals surface area contributed by atoms with Gasteiger partial charge in [-0.15, -0.1) is 10.2 Å². The molecule has 1 N–H and O–H groups in total. The van der Waals surface area contributed by atoms with Crippen LogP contribution < -0.4 is 4.74 Å². The van der Waals surface area contributed by atoms with Gasteiger partial charge in [0.1, 0.15) is 22.7 Å². The van der Waals surface area contributed by atoms with E-state index < -0.39 is 5.60 Å². The van der Waals surface area contributed by atoms with Crippen molar-refractivity contribution in [2.75, 3.05) is 7.11 Å². The third-order valence-corrected chi connectivity index (χ3v) is 10.3. The van der Waals surface area contributed by atoms with Crippen LogP contribution in [0.3, 0.4) is 0 Å². The van der Waals surface area contributed by atoms with Crippen molar-refractivity contribution < 1.29 is 9.84 Å². The second-order valence-corrected chi connectivity index (χ2v) is 12.1. The Bertz CT molecular complexity index is 1500. The molecule has 3 heterocycles. The van der Waals surface area contributed by atoms with Gasteiger partial charge in [-0.05, 0) is 98.1 Å². The predicted molar refractivity (Wildman–Crippen MR) is 149 cm³/mol. The molecule has 0 saturated heterocycles. The van der Waals surface area contributed by atoms with E-state index >= 15 is 0 Å². The fourth-order valence-corrected chi connectivity index (χ4v) is 8.15. The number of aromatic nitrogens is 7. The van der Waals surface area contributed by atoms with E-state index in [1.54, 1.807) is 13.3 Å². The normalized spacial score (nSPS) is 29.0. The van der Waals surface area contributed by atoms with Crippen LogP contribution in [0.1, 0.15) is 68.2 Å². The average molecular weight is 540 g/mol. The van der Waals surface area contributed by atoms with Gasteiger partial charge in [-0.25, -0.2) is 0 Å². The van der Waals surface area contributed by atoms with Gasteiger partial charge >= 0.3 is 0 Å². The molecule has 0 bridgehead atoms.